The molecule has 1 aliphatic heterocycles. The van der Waals surface area contributed by atoms with Gasteiger partial charge in [-0.2, -0.15) is 18.4 Å². The van der Waals surface area contributed by atoms with Crippen molar-refractivity contribution in [2.24, 2.45) is 5.73 Å². The SMILES string of the molecule is CC(=O)NCCC1CNc2ccc(O)cc21.CC(=O)NCCc1c[nH]c2ccc(O)cc12.CC(=O)NCCc1c[nH]c2ccc(OCc3ccccc3)cc12.CN(C)Cc1c[nH]c2ccc(OCc3ccccc3)cc12.N#CCc1c[nH]c2ccc(OCc3ccccc3)cc12.NCCc1c[nH]c2ccc(OCc3ccccc3)cc12.O=C(O)C(F)(F)F.c1ccc(COc2ccc3[nH]ccc3c2)cc1. The molecule has 722 valence electrons. The van der Waals surface area contributed by atoms with Gasteiger partial charge in [0.05, 0.1) is 12.5 Å². The van der Waals surface area contributed by atoms with E-state index < -0.39 is 12.1 Å². The summed E-state index contributed by atoms with van der Waals surface area (Å²) < 4.78 is 60.9. The molecule has 0 saturated carbocycles. The Morgan fingerprint density at radius 3 is 1.12 bits per heavy atom. The molecule has 1 aliphatic rings. The molecule has 7 heterocycles. The number of nitrogens with two attached hydrogens (primary N) is 1. The number of fused-ring (bicyclic) bond motifs is 7. The normalized spacial score (nSPS) is 11.5. The Kier molecular flexibility index (Phi) is 38.3. The number of hydrogen-bond donors (Lipinski definition) is 14. The van der Waals surface area contributed by atoms with Crippen LogP contribution in [0.4, 0.5) is 18.9 Å². The number of ether oxygens (including phenoxy) is 5. The number of nitrogens with one attached hydrogen (secondary N) is 10. The molecule has 1 atom stereocenters. The highest BCUT2D eigenvalue weighted by atomic mass is 19.4. The minimum absolute atomic E-state index is 0.00193. The Bertz CT molecular complexity index is 7000. The number of alkyl halides is 3. The summed E-state index contributed by atoms with van der Waals surface area (Å²) in [5.74, 6) is 2.51. The van der Waals surface area contributed by atoms with Crippen LogP contribution in [0.1, 0.15) is 94.3 Å². The van der Waals surface area contributed by atoms with Gasteiger partial charge in [-0.1, -0.05) is 152 Å². The number of phenols is 2. The van der Waals surface area contributed by atoms with Gasteiger partial charge < -0.3 is 101 Å². The summed E-state index contributed by atoms with van der Waals surface area (Å²) in [6, 6.07) is 96.0. The molecular weight excluding hydrogens is 1780 g/mol. The summed E-state index contributed by atoms with van der Waals surface area (Å²) in [5.41, 5.74) is 26.0. The van der Waals surface area contributed by atoms with Crippen molar-refractivity contribution in [2.75, 3.05) is 52.1 Å². The van der Waals surface area contributed by atoms with E-state index in [0.717, 1.165) is 150 Å². The first-order chi connectivity index (χ1) is 67.9. The highest BCUT2D eigenvalue weighted by Crippen LogP contribution is 2.37. The number of amides is 3. The van der Waals surface area contributed by atoms with Crippen LogP contribution in [0.5, 0.6) is 40.2 Å². The molecule has 0 spiro atoms. The van der Waals surface area contributed by atoms with E-state index in [0.29, 0.717) is 77.3 Å². The van der Waals surface area contributed by atoms with Gasteiger partial charge in [-0.25, -0.2) is 4.79 Å². The second-order valence-corrected chi connectivity index (χ2v) is 33.2. The summed E-state index contributed by atoms with van der Waals surface area (Å²) >= 11 is 0. The van der Waals surface area contributed by atoms with E-state index in [1.165, 1.54) is 70.3 Å². The number of rotatable bonds is 29. The van der Waals surface area contributed by atoms with Crippen LogP contribution in [0, 0.1) is 11.3 Å². The average molecular weight is 1890 g/mol. The van der Waals surface area contributed by atoms with E-state index >= 15 is 0 Å². The van der Waals surface area contributed by atoms with Crippen LogP contribution in [-0.4, -0.2) is 127 Å². The van der Waals surface area contributed by atoms with Crippen molar-refractivity contribution >= 4 is 94.8 Å². The fraction of sp³-hybridized carbons (Fsp3) is 0.205. The first-order valence-corrected chi connectivity index (χ1v) is 45.8. The van der Waals surface area contributed by atoms with Crippen LogP contribution in [0.25, 0.3) is 65.4 Å². The third-order valence-corrected chi connectivity index (χ3v) is 22.3. The van der Waals surface area contributed by atoms with Gasteiger partial charge in [0.2, 0.25) is 17.7 Å². The van der Waals surface area contributed by atoms with Gasteiger partial charge in [-0.05, 0) is 241 Å². The van der Waals surface area contributed by atoms with Crippen molar-refractivity contribution in [3.8, 4) is 46.3 Å². The number of carbonyl (C=O) groups is 4. The van der Waals surface area contributed by atoms with Crippen LogP contribution in [0.2, 0.25) is 0 Å². The third kappa shape index (κ3) is 32.3. The molecule has 3 amide bonds. The lowest BCUT2D eigenvalue weighted by Crippen LogP contribution is -2.22. The maximum absolute atomic E-state index is 11.0. The van der Waals surface area contributed by atoms with Gasteiger partial charge in [0.1, 0.15) is 73.3 Å². The Morgan fingerprint density at radius 2 is 0.743 bits per heavy atom. The molecule has 0 radical (unpaired) electrons. The number of carboxylic acid groups (broad SMARTS) is 1. The van der Waals surface area contributed by atoms with Crippen LogP contribution >= 0.6 is 0 Å². The van der Waals surface area contributed by atoms with Crippen LogP contribution in [0.3, 0.4) is 0 Å². The quantitative estimate of drug-likeness (QED) is 0.0194. The molecule has 19 rings (SSSR count). The lowest BCUT2D eigenvalue weighted by atomic mass is 9.98. The zero-order valence-electron chi connectivity index (χ0n) is 78.6. The predicted molar refractivity (Wildman–Crippen MR) is 546 cm³/mol. The van der Waals surface area contributed by atoms with Crippen LogP contribution in [-0.2, 0) is 84.4 Å². The molecule has 0 fully saturated rings. The lowest BCUT2D eigenvalue weighted by molar-refractivity contribution is -0.192. The van der Waals surface area contributed by atoms with E-state index in [9.17, 15) is 37.8 Å². The van der Waals surface area contributed by atoms with E-state index in [1.54, 1.807) is 24.3 Å². The van der Waals surface area contributed by atoms with Crippen LogP contribution < -0.4 is 50.7 Å². The van der Waals surface area contributed by atoms with Crippen molar-refractivity contribution < 1.29 is 71.4 Å². The van der Waals surface area contributed by atoms with Gasteiger partial charge in [0, 0.05) is 168 Å². The number of aromatic hydroxyl groups is 2. The fourth-order valence-electron chi connectivity index (χ4n) is 15.3. The lowest BCUT2D eigenvalue weighted by Gasteiger charge is -2.10. The number of carboxylic acids is 1. The van der Waals surface area contributed by atoms with Gasteiger partial charge in [0.25, 0.3) is 0 Å². The Balaban J connectivity index is 0.000000145. The number of hydrogen-bond acceptors (Lipinski definition) is 15. The standard InChI is InChI=1S/C19H20N2O2.C18H20N2O.C17H18N2O.C17H14N2O.C15H13NO.C12H16N2O2.C12H14N2O2.C2HF3O2/c1-14(22)20-10-9-16-12-21-19-8-7-17(11-18(16)19)23-13-15-5-3-2-4-6-15;1-20(2)12-15-11-19-18-9-8-16(10-17(15)18)21-13-14-6-4-3-5-7-14;2*18-9-8-14-11-19-17-7-6-15(10-16(14)17)20-12-13-4-2-1-3-5-13;1-2-4-12(5-3-1)11-17-14-6-7-15-13(10-14)8-9-16-15;2*1-8(15)13-5-4-9-7-14-12-3-2-10(16)6-11(9)12;3-2(4,5)1(6)7/h2-8,11-12,21H,9-10,13H2,1H3,(H,20,22);3-11,19H,12-13H2,1-2H3;1-7,10-11,19H,8-9,12,18H2;1-7,10-11,19H,8,12H2;1-10,16H,11H2;2-3,6,9,14,16H,4-5,7H2,1H3,(H,13,15);2-3,6-7,14,16H,4-5H2,1H3,(H,13,15);(H,6,7). The Labute approximate surface area is 809 Å². The molecule has 0 saturated heterocycles. The van der Waals surface area contributed by atoms with Crippen molar-refractivity contribution in [3.05, 3.63) is 383 Å². The first-order valence-electron chi connectivity index (χ1n) is 45.8. The highest BCUT2D eigenvalue weighted by molar-refractivity contribution is 5.89. The topological polar surface area (TPSA) is 371 Å². The van der Waals surface area contributed by atoms with Gasteiger partial charge >= 0.3 is 12.1 Å². The number of nitrogens with zero attached hydrogens (tertiary/aromatic N) is 2. The van der Waals surface area contributed by atoms with E-state index in [1.807, 2.05) is 219 Å². The molecule has 0 aliphatic carbocycles. The summed E-state index contributed by atoms with van der Waals surface area (Å²) in [4.78, 5) is 62.8. The van der Waals surface area contributed by atoms with Gasteiger partial charge in [0.15, 0.2) is 0 Å². The van der Waals surface area contributed by atoms with Crippen molar-refractivity contribution in [3.63, 3.8) is 0 Å². The number of benzene rings is 12. The van der Waals surface area contributed by atoms with Crippen molar-refractivity contribution in [1.29, 1.82) is 5.26 Å². The smallest absolute Gasteiger partial charge is 0.490 e. The second-order valence-electron chi connectivity index (χ2n) is 33.2. The number of aromatic amines is 6. The molecule has 25 nitrogen and oxygen atoms in total. The molecule has 6 aromatic heterocycles. The molecule has 1 unspecified atom stereocenters. The number of anilines is 1. The molecule has 15 N–H and O–H groups in total. The summed E-state index contributed by atoms with van der Waals surface area (Å²) in [7, 11) is 4.16. The number of aliphatic carboxylic acids is 1. The number of H-pyrrole nitrogens is 6. The van der Waals surface area contributed by atoms with Crippen molar-refractivity contribution in [1.82, 2.24) is 50.8 Å². The number of carbonyl (C=O) groups excluding carboxylic acids is 3. The maximum Gasteiger partial charge on any atom is 0.490 e. The summed E-state index contributed by atoms with van der Waals surface area (Å²) in [6.07, 6.45) is 10.5. The molecule has 18 aromatic rings. The number of nitriles is 1. The Morgan fingerprint density at radius 1 is 0.414 bits per heavy atom. The zero-order chi connectivity index (χ0) is 99.0. The number of phenolic OH excluding ortho intramolecular Hbond substituents is 2. The summed E-state index contributed by atoms with van der Waals surface area (Å²) in [6.45, 7) is 11.8. The average Bonchev–Trinajstić information content (AvgIpc) is 1.71. The van der Waals surface area contributed by atoms with Crippen molar-refractivity contribution in [2.45, 2.75) is 105 Å². The zero-order valence-corrected chi connectivity index (χ0v) is 78.6. The maximum atomic E-state index is 11.0. The largest absolute Gasteiger partial charge is 0.508 e. The van der Waals surface area contributed by atoms with Gasteiger partial charge in [-0.3, -0.25) is 14.4 Å². The molecule has 12 aromatic carbocycles. The molecule has 28 heteroatoms. The van der Waals surface area contributed by atoms with Crippen LogP contribution in [0.15, 0.2) is 322 Å². The monoisotopic (exact) mass is 1890 g/mol. The number of halogens is 3. The molecular formula is C112H116F3N13O12. The Hall–Kier alpha value is -16.6. The van der Waals surface area contributed by atoms with Gasteiger partial charge in [-0.15, -0.1) is 0 Å². The summed E-state index contributed by atoms with van der Waals surface area (Å²) in [5, 5.41) is 53.2. The van der Waals surface area contributed by atoms with E-state index in [2.05, 4.69) is 155 Å². The second kappa shape index (κ2) is 52.5. The fourth-order valence-corrected chi connectivity index (χ4v) is 15.3. The molecule has 140 heavy (non-hydrogen) atoms. The highest BCUT2D eigenvalue weighted by Gasteiger charge is 2.38. The third-order valence-electron chi connectivity index (χ3n) is 22.3. The van der Waals surface area contributed by atoms with E-state index in [4.69, 9.17) is 44.6 Å². The predicted octanol–water partition coefficient (Wildman–Crippen LogP) is 21.7. The first kappa shape index (κ1) is 102. The number of aromatic nitrogens is 6. The molecule has 0 bridgehead atoms. The van der Waals surface area contributed by atoms with E-state index in [-0.39, 0.29) is 23.5 Å². The minimum Gasteiger partial charge on any atom is -0.508 e. The minimum atomic E-state index is -5.08.